The van der Waals surface area contributed by atoms with Crippen molar-refractivity contribution in [2.75, 3.05) is 13.1 Å². The van der Waals surface area contributed by atoms with Crippen molar-refractivity contribution in [1.29, 1.82) is 0 Å². The predicted molar refractivity (Wildman–Crippen MR) is 102 cm³/mol. The van der Waals surface area contributed by atoms with Gasteiger partial charge >= 0.3 is 6.18 Å². The van der Waals surface area contributed by atoms with E-state index in [1.54, 1.807) is 15.8 Å². The van der Waals surface area contributed by atoms with Crippen molar-refractivity contribution in [2.45, 2.75) is 25.2 Å². The van der Waals surface area contributed by atoms with Crippen LogP contribution in [-0.4, -0.2) is 38.9 Å². The van der Waals surface area contributed by atoms with Gasteiger partial charge in [0, 0.05) is 13.1 Å². The van der Waals surface area contributed by atoms with Gasteiger partial charge in [-0.25, -0.2) is 4.68 Å². The van der Waals surface area contributed by atoms with Gasteiger partial charge in [0.2, 0.25) is 5.91 Å². The number of hydrogen-bond donors (Lipinski definition) is 0. The fourth-order valence-electron chi connectivity index (χ4n) is 3.16. The number of carbonyl (C=O) groups is 1. The van der Waals surface area contributed by atoms with Gasteiger partial charge in [0.25, 0.3) is 0 Å². The molecule has 1 amide bonds. The zero-order chi connectivity index (χ0) is 21.1. The number of likely N-dealkylation sites (tertiary alicyclic amines) is 1. The van der Waals surface area contributed by atoms with Crippen molar-refractivity contribution in [3.05, 3.63) is 77.6 Å². The largest absolute Gasteiger partial charge is 0.487 e. The highest BCUT2D eigenvalue weighted by atomic mass is 19.4. The number of rotatable bonds is 6. The normalized spacial score (nSPS) is 14.4. The Balaban J connectivity index is 1.25. The molecule has 0 unspecified atom stereocenters. The second kappa shape index (κ2) is 8.17. The average molecular weight is 416 g/mol. The molecule has 1 aliphatic rings. The molecule has 0 bridgehead atoms. The first-order valence-corrected chi connectivity index (χ1v) is 9.41. The first-order chi connectivity index (χ1) is 14.4. The molecule has 4 rings (SSSR count). The van der Waals surface area contributed by atoms with E-state index in [4.69, 9.17) is 4.74 Å². The van der Waals surface area contributed by atoms with E-state index in [0.29, 0.717) is 31.0 Å². The topological polar surface area (TPSA) is 60.2 Å². The lowest BCUT2D eigenvalue weighted by Gasteiger charge is -2.39. The average Bonchev–Trinajstić information content (AvgIpc) is 3.14. The lowest BCUT2D eigenvalue weighted by atomic mass is 10.0. The van der Waals surface area contributed by atoms with Crippen LogP contribution in [0.15, 0.2) is 60.8 Å². The third-order valence-electron chi connectivity index (χ3n) is 4.91. The summed E-state index contributed by atoms with van der Waals surface area (Å²) in [7, 11) is 0. The van der Waals surface area contributed by atoms with Gasteiger partial charge < -0.3 is 9.64 Å². The van der Waals surface area contributed by atoms with E-state index in [-0.39, 0.29) is 18.4 Å². The van der Waals surface area contributed by atoms with Crippen molar-refractivity contribution >= 4 is 5.91 Å². The smallest absolute Gasteiger partial charge is 0.416 e. The highest BCUT2D eigenvalue weighted by Gasteiger charge is 2.33. The maximum atomic E-state index is 12.6. The van der Waals surface area contributed by atoms with Gasteiger partial charge in [0.1, 0.15) is 18.1 Å². The Morgan fingerprint density at radius 3 is 2.43 bits per heavy atom. The van der Waals surface area contributed by atoms with E-state index in [1.807, 2.05) is 30.3 Å². The summed E-state index contributed by atoms with van der Waals surface area (Å²) in [5, 5.41) is 8.20. The van der Waals surface area contributed by atoms with E-state index >= 15 is 0 Å². The molecule has 1 saturated heterocycles. The van der Waals surface area contributed by atoms with Crippen LogP contribution in [0.4, 0.5) is 13.2 Å². The van der Waals surface area contributed by atoms with E-state index < -0.39 is 11.7 Å². The number of halogens is 3. The minimum atomic E-state index is -4.38. The summed E-state index contributed by atoms with van der Waals surface area (Å²) in [6.07, 6.45) is -2.51. The molecule has 0 N–H and O–H groups in total. The molecule has 0 atom stereocenters. The van der Waals surface area contributed by atoms with E-state index in [0.717, 1.165) is 17.9 Å². The van der Waals surface area contributed by atoms with Crippen LogP contribution in [0.2, 0.25) is 0 Å². The zero-order valence-corrected chi connectivity index (χ0v) is 15.9. The first-order valence-electron chi connectivity index (χ1n) is 9.41. The predicted octanol–water partition coefficient (Wildman–Crippen LogP) is 3.50. The molecule has 0 spiro atoms. The van der Waals surface area contributed by atoms with Crippen molar-refractivity contribution in [3.63, 3.8) is 0 Å². The molecule has 2 heterocycles. The SMILES string of the molecule is O=C(Cc1ccc(C(F)(F)F)cc1)N1CC(n2cc(COc3ccccc3)nn2)C1. The summed E-state index contributed by atoms with van der Waals surface area (Å²) in [6.45, 7) is 1.27. The van der Waals surface area contributed by atoms with Crippen LogP contribution in [0.1, 0.15) is 22.9 Å². The number of para-hydroxylation sites is 1. The van der Waals surface area contributed by atoms with E-state index in [2.05, 4.69) is 10.3 Å². The van der Waals surface area contributed by atoms with Gasteiger partial charge in [-0.15, -0.1) is 5.10 Å². The quantitative estimate of drug-likeness (QED) is 0.617. The number of aromatic nitrogens is 3. The summed E-state index contributed by atoms with van der Waals surface area (Å²) >= 11 is 0. The summed E-state index contributed by atoms with van der Waals surface area (Å²) in [5.74, 6) is 0.620. The van der Waals surface area contributed by atoms with Crippen LogP contribution in [-0.2, 0) is 24.0 Å². The number of benzene rings is 2. The summed E-state index contributed by atoms with van der Waals surface area (Å²) in [4.78, 5) is 14.0. The molecular formula is C21H19F3N4O2. The minimum absolute atomic E-state index is 0.0273. The van der Waals surface area contributed by atoms with Gasteiger partial charge in [-0.2, -0.15) is 13.2 Å². The standard InChI is InChI=1S/C21H19F3N4O2/c22-21(23,24)16-8-6-15(7-9-16)10-20(29)27-12-18(13-27)28-11-17(25-26-28)14-30-19-4-2-1-3-5-19/h1-9,11,18H,10,12-14H2. The molecule has 1 fully saturated rings. The van der Waals surface area contributed by atoms with Crippen molar-refractivity contribution < 1.29 is 22.7 Å². The van der Waals surface area contributed by atoms with Gasteiger partial charge in [0.05, 0.1) is 24.2 Å². The summed E-state index contributed by atoms with van der Waals surface area (Å²) in [5.41, 5.74) is 0.520. The minimum Gasteiger partial charge on any atom is -0.487 e. The third kappa shape index (κ3) is 4.61. The zero-order valence-electron chi connectivity index (χ0n) is 15.9. The van der Waals surface area contributed by atoms with E-state index in [1.165, 1.54) is 12.1 Å². The van der Waals surface area contributed by atoms with Crippen LogP contribution in [0, 0.1) is 0 Å². The molecular weight excluding hydrogens is 397 g/mol. The first kappa shape index (κ1) is 19.9. The highest BCUT2D eigenvalue weighted by Crippen LogP contribution is 2.29. The Morgan fingerprint density at radius 2 is 1.77 bits per heavy atom. The number of nitrogens with zero attached hydrogens (tertiary/aromatic N) is 4. The molecule has 156 valence electrons. The Bertz CT molecular complexity index is 997. The molecule has 3 aromatic rings. The summed E-state index contributed by atoms with van der Waals surface area (Å²) in [6, 6.07) is 14.1. The molecule has 9 heteroatoms. The number of ether oxygens (including phenoxy) is 1. The molecule has 0 saturated carbocycles. The van der Waals surface area contributed by atoms with E-state index in [9.17, 15) is 18.0 Å². The van der Waals surface area contributed by atoms with Crippen molar-refractivity contribution in [1.82, 2.24) is 19.9 Å². The molecule has 2 aromatic carbocycles. The number of alkyl halides is 3. The lowest BCUT2D eigenvalue weighted by molar-refractivity contribution is -0.137. The number of amides is 1. The fourth-order valence-corrected chi connectivity index (χ4v) is 3.16. The maximum absolute atomic E-state index is 12.6. The van der Waals surface area contributed by atoms with Crippen LogP contribution in [0.25, 0.3) is 0 Å². The second-order valence-corrected chi connectivity index (χ2v) is 7.12. The van der Waals surface area contributed by atoms with Crippen molar-refractivity contribution in [3.8, 4) is 5.75 Å². The lowest BCUT2D eigenvalue weighted by Crippen LogP contribution is -2.51. The van der Waals surface area contributed by atoms with Gasteiger partial charge in [0.15, 0.2) is 0 Å². The van der Waals surface area contributed by atoms with Gasteiger partial charge in [-0.05, 0) is 29.8 Å². The molecule has 6 nitrogen and oxygen atoms in total. The van der Waals surface area contributed by atoms with Gasteiger partial charge in [-0.3, -0.25) is 4.79 Å². The molecule has 0 aliphatic carbocycles. The number of hydrogen-bond acceptors (Lipinski definition) is 4. The van der Waals surface area contributed by atoms with Crippen LogP contribution in [0.5, 0.6) is 5.75 Å². The molecule has 30 heavy (non-hydrogen) atoms. The Hall–Kier alpha value is -3.36. The molecule has 0 radical (unpaired) electrons. The Morgan fingerprint density at radius 1 is 1.07 bits per heavy atom. The van der Waals surface area contributed by atoms with Gasteiger partial charge in [-0.1, -0.05) is 35.5 Å². The van der Waals surface area contributed by atoms with Crippen LogP contribution < -0.4 is 4.74 Å². The Kier molecular flexibility index (Phi) is 5.43. The fraction of sp³-hybridized carbons (Fsp3) is 0.286. The molecule has 1 aliphatic heterocycles. The molecule has 1 aromatic heterocycles. The van der Waals surface area contributed by atoms with Crippen LogP contribution >= 0.6 is 0 Å². The van der Waals surface area contributed by atoms with Crippen molar-refractivity contribution in [2.24, 2.45) is 0 Å². The highest BCUT2D eigenvalue weighted by molar-refractivity contribution is 5.79. The van der Waals surface area contributed by atoms with Crippen LogP contribution in [0.3, 0.4) is 0 Å². The Labute approximate surface area is 170 Å². The second-order valence-electron chi connectivity index (χ2n) is 7.12. The monoisotopic (exact) mass is 416 g/mol. The number of carbonyl (C=O) groups excluding carboxylic acids is 1. The maximum Gasteiger partial charge on any atom is 0.416 e. The summed E-state index contributed by atoms with van der Waals surface area (Å²) < 4.78 is 45.2. The third-order valence-corrected chi connectivity index (χ3v) is 4.91.